The van der Waals surface area contributed by atoms with Crippen molar-refractivity contribution in [2.45, 2.75) is 5.60 Å². The van der Waals surface area contributed by atoms with Gasteiger partial charge in [-0.3, -0.25) is 0 Å². The summed E-state index contributed by atoms with van der Waals surface area (Å²) in [6.45, 7) is 0. The number of hydrogen-bond donors (Lipinski definition) is 1. The molecular formula is C14H14BKO3. The second-order valence-corrected chi connectivity index (χ2v) is 3.93. The third-order valence-corrected chi connectivity index (χ3v) is 2.86. The van der Waals surface area contributed by atoms with Crippen LogP contribution >= 0.6 is 0 Å². The van der Waals surface area contributed by atoms with Crippen LogP contribution < -0.4 is 0 Å². The summed E-state index contributed by atoms with van der Waals surface area (Å²) >= 11 is 0. The zero-order valence-corrected chi connectivity index (χ0v) is 10.0. The molecular weight excluding hydrogens is 266 g/mol. The molecule has 0 radical (unpaired) electrons. The fourth-order valence-corrected chi connectivity index (χ4v) is 1.91. The van der Waals surface area contributed by atoms with E-state index in [0.29, 0.717) is 11.1 Å². The minimum atomic E-state index is -1.77. The van der Waals surface area contributed by atoms with Crippen LogP contribution in [0.1, 0.15) is 11.1 Å². The maximum atomic E-state index is 12.0. The summed E-state index contributed by atoms with van der Waals surface area (Å²) in [5.41, 5.74) is -0.789. The number of hydrogen-bond acceptors (Lipinski definition) is 3. The van der Waals surface area contributed by atoms with Gasteiger partial charge in [-0.25, -0.2) is 4.79 Å². The van der Waals surface area contributed by atoms with Gasteiger partial charge in [0, 0.05) is 0 Å². The third-order valence-electron chi connectivity index (χ3n) is 2.86. The van der Waals surface area contributed by atoms with Crippen LogP contribution in [0.25, 0.3) is 0 Å². The molecule has 3 nitrogen and oxygen atoms in total. The second-order valence-electron chi connectivity index (χ2n) is 3.93. The van der Waals surface area contributed by atoms with E-state index in [9.17, 15) is 9.90 Å². The van der Waals surface area contributed by atoms with E-state index < -0.39 is 11.6 Å². The van der Waals surface area contributed by atoms with Gasteiger partial charge >= 0.3 is 65.4 Å². The Labute approximate surface area is 155 Å². The van der Waals surface area contributed by atoms with Crippen LogP contribution in [0.15, 0.2) is 60.7 Å². The van der Waals surface area contributed by atoms with Crippen molar-refractivity contribution >= 4 is 65.4 Å². The molecule has 5 heteroatoms. The first-order valence-electron chi connectivity index (χ1n) is 5.61. The van der Waals surface area contributed by atoms with Crippen LogP contribution in [0.3, 0.4) is 0 Å². The first kappa shape index (κ1) is 16.6. The third kappa shape index (κ3) is 3.37. The van der Waals surface area contributed by atoms with Crippen molar-refractivity contribution < 1.29 is 14.6 Å². The summed E-state index contributed by atoms with van der Waals surface area (Å²) < 4.78 is 4.74. The van der Waals surface area contributed by atoms with Crippen molar-refractivity contribution in [2.24, 2.45) is 0 Å². The minimum absolute atomic E-state index is 0. The molecule has 0 unspecified atom stereocenters. The summed E-state index contributed by atoms with van der Waals surface area (Å²) in [6, 6.07) is 17.5. The summed E-state index contributed by atoms with van der Waals surface area (Å²) in [7, 11) is 1.26. The van der Waals surface area contributed by atoms with Gasteiger partial charge in [0.1, 0.15) is 0 Å². The van der Waals surface area contributed by atoms with Gasteiger partial charge in [-0.2, -0.15) is 0 Å². The molecule has 2 rings (SSSR count). The van der Waals surface area contributed by atoms with Gasteiger partial charge in [0.05, 0.1) is 0 Å². The number of carbonyl (C=O) groups excluding carboxylic acids is 1. The molecule has 0 aliphatic heterocycles. The Morgan fingerprint density at radius 3 is 1.63 bits per heavy atom. The van der Waals surface area contributed by atoms with E-state index in [1.807, 2.05) is 12.1 Å². The van der Waals surface area contributed by atoms with Gasteiger partial charge in [0.25, 0.3) is 0 Å². The van der Waals surface area contributed by atoms with E-state index >= 15 is 0 Å². The molecule has 92 valence electrons. The Bertz CT molecular complexity index is 491. The van der Waals surface area contributed by atoms with Crippen molar-refractivity contribution in [2.75, 3.05) is 0 Å². The van der Waals surface area contributed by atoms with E-state index in [-0.39, 0.29) is 51.4 Å². The molecule has 0 aliphatic carbocycles. The van der Waals surface area contributed by atoms with Gasteiger partial charge in [0.15, 0.2) is 0 Å². The molecule has 19 heavy (non-hydrogen) atoms. The molecule has 0 amide bonds. The first-order valence-corrected chi connectivity index (χ1v) is 5.61. The molecule has 0 fully saturated rings. The number of benzene rings is 2. The van der Waals surface area contributed by atoms with E-state index in [0.717, 1.165) is 0 Å². The molecule has 1 N–H and O–H groups in total. The summed E-state index contributed by atoms with van der Waals surface area (Å²) in [4.78, 5) is 12.0. The normalized spacial score (nSPS) is 10.4. The van der Waals surface area contributed by atoms with Crippen LogP contribution in [-0.2, 0) is 15.0 Å². The van der Waals surface area contributed by atoms with Crippen LogP contribution in [-0.4, -0.2) is 70.5 Å². The number of aliphatic hydroxyl groups is 1. The van der Waals surface area contributed by atoms with Crippen LogP contribution in [0.4, 0.5) is 0 Å². The van der Waals surface area contributed by atoms with E-state index in [1.165, 1.54) is 8.05 Å². The Morgan fingerprint density at radius 2 is 1.32 bits per heavy atom. The van der Waals surface area contributed by atoms with Crippen molar-refractivity contribution in [1.82, 2.24) is 0 Å². The topological polar surface area (TPSA) is 46.5 Å². The standard InChI is InChI=1S/C14H13BO3.K.H/c15-18-13(16)14(17,11-7-3-1-4-8-11)12-9-5-2-6-10-12;;/h1-10,17H,15H2;;. The molecule has 2 aromatic carbocycles. The predicted octanol–water partition coefficient (Wildman–Crippen LogP) is 0.365. The summed E-state index contributed by atoms with van der Waals surface area (Å²) in [5, 5.41) is 10.7. The predicted molar refractivity (Wildman–Crippen MR) is 77.7 cm³/mol. The maximum absolute atomic E-state index is 12.0. The van der Waals surface area contributed by atoms with Gasteiger partial charge in [-0.05, 0) is 11.1 Å². The van der Waals surface area contributed by atoms with E-state index in [4.69, 9.17) is 4.65 Å². The van der Waals surface area contributed by atoms with Crippen molar-refractivity contribution in [3.63, 3.8) is 0 Å². The molecule has 0 saturated carbocycles. The van der Waals surface area contributed by atoms with Gasteiger partial charge in [-0.15, -0.1) is 0 Å². The zero-order valence-electron chi connectivity index (χ0n) is 10.0. The van der Waals surface area contributed by atoms with E-state index in [2.05, 4.69) is 0 Å². The average Bonchev–Trinajstić information content (AvgIpc) is 2.47. The first-order chi connectivity index (χ1) is 8.69. The van der Waals surface area contributed by atoms with E-state index in [1.54, 1.807) is 48.5 Å². The van der Waals surface area contributed by atoms with Crippen molar-refractivity contribution in [3.8, 4) is 0 Å². The SMILES string of the molecule is BOC(=O)C(O)(c1ccccc1)c1ccccc1.[KH]. The van der Waals surface area contributed by atoms with Crippen LogP contribution in [0.2, 0.25) is 0 Å². The van der Waals surface area contributed by atoms with Crippen LogP contribution in [0, 0.1) is 0 Å². The Kier molecular flexibility index (Phi) is 6.46. The number of carbonyl (C=O) groups is 1. The fourth-order valence-electron chi connectivity index (χ4n) is 1.91. The molecule has 0 heterocycles. The van der Waals surface area contributed by atoms with Crippen molar-refractivity contribution in [1.29, 1.82) is 0 Å². The fraction of sp³-hybridized carbons (Fsp3) is 0.0714. The van der Waals surface area contributed by atoms with Gasteiger partial charge in [-0.1, -0.05) is 60.7 Å². The molecule has 0 bridgehead atoms. The quantitative estimate of drug-likeness (QED) is 0.826. The molecule has 0 aromatic heterocycles. The van der Waals surface area contributed by atoms with Gasteiger partial charge < -0.3 is 9.76 Å². The molecule has 0 spiro atoms. The van der Waals surface area contributed by atoms with Crippen molar-refractivity contribution in [3.05, 3.63) is 71.8 Å². The summed E-state index contributed by atoms with van der Waals surface area (Å²) in [6.07, 6.45) is 0. The molecule has 0 atom stereocenters. The monoisotopic (exact) mass is 280 g/mol. The summed E-state index contributed by atoms with van der Waals surface area (Å²) in [5.74, 6) is -0.695. The second kappa shape index (κ2) is 7.38. The molecule has 0 saturated heterocycles. The Morgan fingerprint density at radius 1 is 0.947 bits per heavy atom. The Hall–Kier alpha value is -0.429. The Balaban J connectivity index is 0.00000180. The average molecular weight is 280 g/mol. The van der Waals surface area contributed by atoms with Gasteiger partial charge in [0.2, 0.25) is 5.60 Å². The molecule has 0 aliphatic rings. The molecule has 2 aromatic rings. The zero-order chi connectivity index (χ0) is 13.0. The van der Waals surface area contributed by atoms with Crippen LogP contribution in [0.5, 0.6) is 0 Å². The number of rotatable bonds is 3.